The van der Waals surface area contributed by atoms with Crippen LogP contribution in [0.15, 0.2) is 68.0 Å². The molecule has 0 heterocycles. The van der Waals surface area contributed by atoms with Gasteiger partial charge in [-0.25, -0.2) is 0 Å². The van der Waals surface area contributed by atoms with Crippen molar-refractivity contribution in [3.8, 4) is 0 Å². The van der Waals surface area contributed by atoms with Crippen LogP contribution < -0.4 is 0 Å². The van der Waals surface area contributed by atoms with Crippen molar-refractivity contribution in [1.29, 1.82) is 0 Å². The Morgan fingerprint density at radius 1 is 0.853 bits per heavy atom. The standard InChI is InChI=1S/C21H21.C9H13.2CH3.H2Si.Zr/c1-14-9-16-10-17-12-21(2,3)13-18(17)11-19(16)20(14)15-7-5-4-6-8-15;1-6-5-7(2)9(4)8(6)3;;;;/h4-11H,12-13H2,1-3H3;6H,1-4H3;2*1H3;1H2;. The average molecular weight is 546 g/mol. The Hall–Kier alpha value is -1.24. The number of fused-ring (bicyclic) bond motifs is 2. The van der Waals surface area contributed by atoms with Gasteiger partial charge in [0.1, 0.15) is 0 Å². The Labute approximate surface area is 210 Å². The fourth-order valence-electron chi connectivity index (χ4n) is 8.20. The molecule has 0 fully saturated rings. The van der Waals surface area contributed by atoms with Crippen molar-refractivity contribution in [3.63, 3.8) is 0 Å². The van der Waals surface area contributed by atoms with Gasteiger partial charge in [-0.1, -0.05) is 0 Å². The molecule has 0 N–H and O–H groups in total. The molecule has 2 aromatic carbocycles. The van der Waals surface area contributed by atoms with E-state index in [0.29, 0.717) is 15.0 Å². The van der Waals surface area contributed by atoms with E-state index in [1.54, 1.807) is 39.0 Å². The van der Waals surface area contributed by atoms with Crippen LogP contribution in [-0.4, -0.2) is 6.88 Å². The third-order valence-corrected chi connectivity index (χ3v) is 27.0. The normalized spacial score (nSPS) is 24.3. The summed E-state index contributed by atoms with van der Waals surface area (Å²) in [4.78, 5) is 0. The predicted molar refractivity (Wildman–Crippen MR) is 149 cm³/mol. The zero-order valence-electron chi connectivity index (χ0n) is 22.8. The molecule has 34 heavy (non-hydrogen) atoms. The van der Waals surface area contributed by atoms with E-state index in [1.807, 2.05) is 3.28 Å². The summed E-state index contributed by atoms with van der Waals surface area (Å²) in [5, 5.41) is 0. The van der Waals surface area contributed by atoms with Gasteiger partial charge >= 0.3 is 211 Å². The second kappa shape index (κ2) is 7.63. The van der Waals surface area contributed by atoms with Crippen molar-refractivity contribution >= 4 is 12.5 Å². The van der Waals surface area contributed by atoms with E-state index in [-0.39, 0.29) is 0 Å². The van der Waals surface area contributed by atoms with E-state index in [4.69, 9.17) is 0 Å². The molecule has 2 atom stereocenters. The molecule has 0 spiro atoms. The van der Waals surface area contributed by atoms with E-state index in [9.17, 15) is 0 Å². The molecule has 0 aliphatic heterocycles. The van der Waals surface area contributed by atoms with Crippen LogP contribution in [0.4, 0.5) is 0 Å². The summed E-state index contributed by atoms with van der Waals surface area (Å²) < 4.78 is 7.93. The molecule has 3 aliphatic rings. The van der Waals surface area contributed by atoms with E-state index < -0.39 is 17.4 Å². The van der Waals surface area contributed by atoms with Crippen molar-refractivity contribution in [1.82, 2.24) is 0 Å². The second-order valence-corrected chi connectivity index (χ2v) is 42.9. The first-order chi connectivity index (χ1) is 15.7. The van der Waals surface area contributed by atoms with Gasteiger partial charge in [0.25, 0.3) is 0 Å². The first-order valence-corrected chi connectivity index (χ1v) is 26.6. The Kier molecular flexibility index (Phi) is 5.49. The summed E-state index contributed by atoms with van der Waals surface area (Å²) in [5.41, 5.74) is 16.1. The summed E-state index contributed by atoms with van der Waals surface area (Å²) in [6, 6.07) is 16.5. The van der Waals surface area contributed by atoms with E-state index in [0.717, 1.165) is 0 Å². The molecule has 0 aromatic heterocycles. The van der Waals surface area contributed by atoms with Gasteiger partial charge in [-0.05, 0) is 0 Å². The van der Waals surface area contributed by atoms with Crippen molar-refractivity contribution in [2.24, 2.45) is 11.3 Å². The first kappa shape index (κ1) is 24.5. The van der Waals surface area contributed by atoms with Gasteiger partial charge in [0.15, 0.2) is 0 Å². The fraction of sp³-hybridized carbons (Fsp3) is 0.438. The molecular weight excluding hydrogens is 504 g/mol. The summed E-state index contributed by atoms with van der Waals surface area (Å²) in [7, 11) is 0. The topological polar surface area (TPSA) is 0 Å². The molecule has 0 radical (unpaired) electrons. The van der Waals surface area contributed by atoms with Gasteiger partial charge < -0.3 is 0 Å². The molecule has 5 rings (SSSR count). The van der Waals surface area contributed by atoms with Crippen molar-refractivity contribution in [3.05, 3.63) is 95.9 Å². The summed E-state index contributed by atoms with van der Waals surface area (Å²) >= 11 is -3.45. The Bertz CT molecular complexity index is 1390. The van der Waals surface area contributed by atoms with Gasteiger partial charge in [-0.3, -0.25) is 0 Å². The zero-order chi connectivity index (χ0) is 24.8. The SMILES string of the molecule is CC1=C(C)C(C)[C]([Zr]([CH3])([CH3])(=[SiH2])[CH]2C(C)=C(c3ccccc3)c3cc4c(cc32)CC(C)(C)C4)=C1C. The molecular formula is C32H42SiZr. The fourth-order valence-corrected chi connectivity index (χ4v) is 29.8. The Balaban J connectivity index is 1.80. The average Bonchev–Trinajstić information content (AvgIpc) is 3.27. The van der Waals surface area contributed by atoms with Crippen LogP contribution in [0.25, 0.3) is 5.57 Å². The number of rotatable bonds is 3. The summed E-state index contributed by atoms with van der Waals surface area (Å²) in [5.74, 6) is 0.587. The number of allylic oxidation sites excluding steroid dienone is 5. The Morgan fingerprint density at radius 2 is 1.44 bits per heavy atom. The van der Waals surface area contributed by atoms with Gasteiger partial charge in [0.05, 0.1) is 0 Å². The number of hydrogen-bond acceptors (Lipinski definition) is 0. The van der Waals surface area contributed by atoms with Crippen LogP contribution in [0, 0.1) is 11.3 Å². The monoisotopic (exact) mass is 544 g/mol. The summed E-state index contributed by atoms with van der Waals surface area (Å²) in [6.45, 7) is 19.4. The summed E-state index contributed by atoms with van der Waals surface area (Å²) in [6.07, 6.45) is 2.41. The molecule has 0 amide bonds. The van der Waals surface area contributed by atoms with Crippen molar-refractivity contribution in [2.75, 3.05) is 0 Å². The number of benzene rings is 2. The maximum atomic E-state index is 2.75. The van der Waals surface area contributed by atoms with E-state index in [1.165, 1.54) is 29.5 Å². The molecule has 2 unspecified atom stereocenters. The van der Waals surface area contributed by atoms with Crippen LogP contribution in [0.3, 0.4) is 0 Å². The Morgan fingerprint density at radius 3 is 2.00 bits per heavy atom. The minimum absolute atomic E-state index is 0.375. The van der Waals surface area contributed by atoms with E-state index >= 15 is 0 Å². The molecule has 0 saturated heterocycles. The van der Waals surface area contributed by atoms with Gasteiger partial charge in [-0.2, -0.15) is 0 Å². The van der Waals surface area contributed by atoms with Crippen LogP contribution in [0.5, 0.6) is 0 Å². The van der Waals surface area contributed by atoms with Crippen molar-refractivity contribution < 1.29 is 17.4 Å². The van der Waals surface area contributed by atoms with Gasteiger partial charge in [0, 0.05) is 0 Å². The molecule has 178 valence electrons. The predicted octanol–water partition coefficient (Wildman–Crippen LogP) is 8.28. The minimum atomic E-state index is -3.45. The molecule has 2 aromatic rings. The van der Waals surface area contributed by atoms with E-state index in [2.05, 4.69) is 107 Å². The van der Waals surface area contributed by atoms with Crippen LogP contribution in [0.2, 0.25) is 9.26 Å². The first-order valence-electron chi connectivity index (χ1n) is 13.1. The molecule has 0 bridgehead atoms. The van der Waals surface area contributed by atoms with Crippen LogP contribution >= 0.6 is 0 Å². The van der Waals surface area contributed by atoms with Gasteiger partial charge in [0.2, 0.25) is 0 Å². The number of hydrogen-bond donors (Lipinski definition) is 0. The zero-order valence-corrected chi connectivity index (χ0v) is 26.7. The third-order valence-electron chi connectivity index (χ3n) is 9.63. The maximum absolute atomic E-state index is 3.45. The molecule has 3 aliphatic carbocycles. The van der Waals surface area contributed by atoms with Crippen LogP contribution in [0.1, 0.15) is 79.9 Å². The van der Waals surface area contributed by atoms with Crippen molar-refractivity contribution in [2.45, 2.75) is 74.2 Å². The van der Waals surface area contributed by atoms with Crippen LogP contribution in [-0.2, 0) is 30.2 Å². The van der Waals surface area contributed by atoms with Gasteiger partial charge in [-0.15, -0.1) is 0 Å². The third kappa shape index (κ3) is 3.46. The quantitative estimate of drug-likeness (QED) is 0.340. The molecule has 0 saturated carbocycles. The molecule has 2 heteroatoms. The molecule has 0 nitrogen and oxygen atoms in total. The second-order valence-electron chi connectivity index (χ2n) is 13.5.